The van der Waals surface area contributed by atoms with Crippen molar-refractivity contribution in [2.45, 2.75) is 6.92 Å². The standard InChI is InChI=1S/C15H14O/c1-13-8-4-2-7-11-15(12-16-13)14-9-5-3-6-10-14/h2-12H,1H3. The Balaban J connectivity index is 2.55. The van der Waals surface area contributed by atoms with Gasteiger partial charge in [0.15, 0.2) is 0 Å². The van der Waals surface area contributed by atoms with Gasteiger partial charge in [0.2, 0.25) is 0 Å². The van der Waals surface area contributed by atoms with Gasteiger partial charge in [0.1, 0.15) is 5.76 Å². The van der Waals surface area contributed by atoms with Crippen molar-refractivity contribution in [1.82, 2.24) is 0 Å². The summed E-state index contributed by atoms with van der Waals surface area (Å²) in [6.07, 6.45) is 1.78. The van der Waals surface area contributed by atoms with E-state index < -0.39 is 0 Å². The average Bonchev–Trinajstić information content (AvgIpc) is 2.43. The summed E-state index contributed by atoms with van der Waals surface area (Å²) < 4.78 is 5.53. The van der Waals surface area contributed by atoms with Gasteiger partial charge in [0.05, 0.1) is 6.26 Å². The summed E-state index contributed by atoms with van der Waals surface area (Å²) in [7, 11) is 0. The first-order valence-electron chi connectivity index (χ1n) is 5.30. The van der Waals surface area contributed by atoms with Crippen LogP contribution in [0.2, 0.25) is 0 Å². The highest BCUT2D eigenvalue weighted by atomic mass is 16.3. The van der Waals surface area contributed by atoms with E-state index in [4.69, 9.17) is 4.42 Å². The molecule has 1 aromatic heterocycles. The van der Waals surface area contributed by atoms with E-state index in [-0.39, 0.29) is 0 Å². The third kappa shape index (κ3) is 2.74. The van der Waals surface area contributed by atoms with Crippen molar-refractivity contribution in [3.8, 4) is 11.1 Å². The maximum atomic E-state index is 5.53. The molecule has 1 heterocycles. The van der Waals surface area contributed by atoms with Gasteiger partial charge in [-0.05, 0) is 18.6 Å². The first-order valence-corrected chi connectivity index (χ1v) is 5.30. The van der Waals surface area contributed by atoms with Crippen molar-refractivity contribution in [3.63, 3.8) is 0 Å². The van der Waals surface area contributed by atoms with Gasteiger partial charge in [0.25, 0.3) is 0 Å². The van der Waals surface area contributed by atoms with Crippen LogP contribution in [0.1, 0.15) is 5.76 Å². The van der Waals surface area contributed by atoms with Gasteiger partial charge in [0, 0.05) is 5.56 Å². The Labute approximate surface area is 95.7 Å². The molecule has 0 bridgehead atoms. The van der Waals surface area contributed by atoms with Crippen LogP contribution in [-0.2, 0) is 0 Å². The molecule has 0 spiro atoms. The van der Waals surface area contributed by atoms with Gasteiger partial charge in [-0.25, -0.2) is 0 Å². The summed E-state index contributed by atoms with van der Waals surface area (Å²) >= 11 is 0. The second kappa shape index (κ2) is 5.17. The number of benzene rings is 1. The molecule has 2 rings (SSSR count). The van der Waals surface area contributed by atoms with Crippen molar-refractivity contribution in [2.75, 3.05) is 0 Å². The quantitative estimate of drug-likeness (QED) is 0.680. The molecule has 80 valence electrons. The fourth-order valence-electron chi connectivity index (χ4n) is 1.44. The molecule has 1 heteroatoms. The molecule has 0 fully saturated rings. The number of rotatable bonds is 1. The molecule has 16 heavy (non-hydrogen) atoms. The summed E-state index contributed by atoms with van der Waals surface area (Å²) in [5.41, 5.74) is 2.22. The lowest BCUT2D eigenvalue weighted by Gasteiger charge is -1.96. The molecule has 0 aliphatic rings. The first kappa shape index (κ1) is 10.5. The number of hydrogen-bond acceptors (Lipinski definition) is 1. The molecule has 2 aromatic rings. The summed E-state index contributed by atoms with van der Waals surface area (Å²) in [4.78, 5) is 0. The molecule has 0 aliphatic carbocycles. The zero-order valence-corrected chi connectivity index (χ0v) is 9.26. The van der Waals surface area contributed by atoms with Crippen molar-refractivity contribution in [1.29, 1.82) is 0 Å². The van der Waals surface area contributed by atoms with Crippen LogP contribution in [-0.4, -0.2) is 0 Å². The minimum absolute atomic E-state index is 0.883. The zero-order chi connectivity index (χ0) is 11.2. The molecule has 0 saturated heterocycles. The van der Waals surface area contributed by atoms with Gasteiger partial charge in [-0.1, -0.05) is 54.6 Å². The predicted octanol–water partition coefficient (Wildman–Crippen LogP) is 4.38. The zero-order valence-electron chi connectivity index (χ0n) is 9.26. The van der Waals surface area contributed by atoms with Crippen LogP contribution in [0.4, 0.5) is 0 Å². The number of hydrogen-bond donors (Lipinski definition) is 0. The lowest BCUT2D eigenvalue weighted by Crippen LogP contribution is -1.72. The van der Waals surface area contributed by atoms with E-state index in [2.05, 4.69) is 12.1 Å². The Kier molecular flexibility index (Phi) is 3.39. The van der Waals surface area contributed by atoms with Gasteiger partial charge < -0.3 is 4.42 Å². The normalized spacial score (nSPS) is 9.56. The Morgan fingerprint density at radius 3 is 1.94 bits per heavy atom. The summed E-state index contributed by atoms with van der Waals surface area (Å²) in [5.74, 6) is 0.883. The third-order valence-corrected chi connectivity index (χ3v) is 2.31. The highest BCUT2D eigenvalue weighted by Crippen LogP contribution is 2.16. The van der Waals surface area contributed by atoms with E-state index in [9.17, 15) is 0 Å². The van der Waals surface area contributed by atoms with E-state index in [1.54, 1.807) is 6.26 Å². The largest absolute Gasteiger partial charge is 0.469 e. The Morgan fingerprint density at radius 1 is 0.688 bits per heavy atom. The van der Waals surface area contributed by atoms with Crippen molar-refractivity contribution in [3.05, 3.63) is 72.7 Å². The lowest BCUT2D eigenvalue weighted by atomic mass is 10.1. The molecule has 0 unspecified atom stereocenters. The van der Waals surface area contributed by atoms with Crippen LogP contribution in [0.5, 0.6) is 0 Å². The summed E-state index contributed by atoms with van der Waals surface area (Å²) in [5, 5.41) is 0. The van der Waals surface area contributed by atoms with Crippen LogP contribution < -0.4 is 0 Å². The topological polar surface area (TPSA) is 13.1 Å². The minimum atomic E-state index is 0.883. The molecule has 1 aromatic carbocycles. The minimum Gasteiger partial charge on any atom is -0.469 e. The molecule has 0 atom stereocenters. The predicted molar refractivity (Wildman–Crippen MR) is 66.5 cm³/mol. The first-order chi connectivity index (χ1) is 7.86. The summed E-state index contributed by atoms with van der Waals surface area (Å²) in [6, 6.07) is 20.1. The Morgan fingerprint density at radius 2 is 1.25 bits per heavy atom. The molecule has 0 saturated carbocycles. The Hall–Kier alpha value is -2.02. The molecule has 0 aliphatic heterocycles. The van der Waals surface area contributed by atoms with Crippen LogP contribution in [0.3, 0.4) is 0 Å². The van der Waals surface area contributed by atoms with E-state index in [1.807, 2.05) is 55.5 Å². The third-order valence-electron chi connectivity index (χ3n) is 2.31. The molecule has 0 radical (unpaired) electrons. The Bertz CT molecular complexity index is 496. The van der Waals surface area contributed by atoms with Crippen molar-refractivity contribution in [2.24, 2.45) is 0 Å². The average molecular weight is 210 g/mol. The lowest BCUT2D eigenvalue weighted by molar-refractivity contribution is 0.522. The van der Waals surface area contributed by atoms with E-state index >= 15 is 0 Å². The second-order valence-electron chi connectivity index (χ2n) is 3.58. The van der Waals surface area contributed by atoms with Gasteiger partial charge in [-0.15, -0.1) is 0 Å². The molecule has 1 nitrogen and oxygen atoms in total. The molecule has 0 amide bonds. The van der Waals surface area contributed by atoms with Gasteiger partial charge in [-0.3, -0.25) is 0 Å². The van der Waals surface area contributed by atoms with E-state index in [0.717, 1.165) is 16.9 Å². The highest BCUT2D eigenvalue weighted by molar-refractivity contribution is 5.61. The van der Waals surface area contributed by atoms with Crippen molar-refractivity contribution < 1.29 is 4.42 Å². The van der Waals surface area contributed by atoms with Crippen LogP contribution in [0.15, 0.2) is 71.3 Å². The maximum Gasteiger partial charge on any atom is 0.100 e. The maximum absolute atomic E-state index is 5.53. The van der Waals surface area contributed by atoms with Gasteiger partial charge in [-0.2, -0.15) is 0 Å². The van der Waals surface area contributed by atoms with Crippen molar-refractivity contribution >= 4 is 0 Å². The molecular formula is C15H14O. The monoisotopic (exact) mass is 210 g/mol. The SMILES string of the molecule is Cc1cccccc(-c2ccccc2)co1. The highest BCUT2D eigenvalue weighted by Gasteiger charge is 1.93. The van der Waals surface area contributed by atoms with Gasteiger partial charge >= 0.3 is 0 Å². The van der Waals surface area contributed by atoms with E-state index in [0.29, 0.717) is 0 Å². The second-order valence-corrected chi connectivity index (χ2v) is 3.58. The van der Waals surface area contributed by atoms with E-state index in [1.165, 1.54) is 0 Å². The smallest absolute Gasteiger partial charge is 0.100 e. The fraction of sp³-hybridized carbons (Fsp3) is 0.0667. The van der Waals surface area contributed by atoms with Crippen LogP contribution >= 0.6 is 0 Å². The fourth-order valence-corrected chi connectivity index (χ4v) is 1.44. The van der Waals surface area contributed by atoms with Crippen LogP contribution in [0.25, 0.3) is 11.1 Å². The molecular weight excluding hydrogens is 196 g/mol. The van der Waals surface area contributed by atoms with Crippen LogP contribution in [0, 0.1) is 6.92 Å². The molecule has 0 N–H and O–H groups in total. The number of aryl methyl sites for hydroxylation is 1. The summed E-state index contributed by atoms with van der Waals surface area (Å²) in [6.45, 7) is 1.94.